The summed E-state index contributed by atoms with van der Waals surface area (Å²) in [6.45, 7) is 5.52. The second-order valence-electron chi connectivity index (χ2n) is 5.65. The molecule has 0 aliphatic heterocycles. The van der Waals surface area contributed by atoms with Crippen molar-refractivity contribution in [1.82, 2.24) is 0 Å². The van der Waals surface area contributed by atoms with Crippen LogP contribution in [0.25, 0.3) is 0 Å². The van der Waals surface area contributed by atoms with Crippen molar-refractivity contribution in [2.24, 2.45) is 5.92 Å². The van der Waals surface area contributed by atoms with Crippen LogP contribution in [0.4, 0.5) is 5.69 Å². The molecule has 1 aliphatic carbocycles. The number of anilines is 1. The van der Waals surface area contributed by atoms with Crippen LogP contribution in [-0.2, 0) is 0 Å². The zero-order valence-electron chi connectivity index (χ0n) is 11.6. The second kappa shape index (κ2) is 6.60. The molecule has 0 radical (unpaired) electrons. The average Bonchev–Trinajstić information content (AvgIpc) is 2.56. The van der Waals surface area contributed by atoms with Crippen LogP contribution in [0.5, 0.6) is 0 Å². The number of halogens is 1. The van der Waals surface area contributed by atoms with E-state index in [0.29, 0.717) is 0 Å². The van der Waals surface area contributed by atoms with Crippen molar-refractivity contribution in [3.8, 4) is 0 Å². The monoisotopic (exact) mass is 309 g/mol. The molecule has 1 nitrogen and oxygen atoms in total. The van der Waals surface area contributed by atoms with Gasteiger partial charge in [-0.25, -0.2) is 0 Å². The third-order valence-corrected chi connectivity index (χ3v) is 4.50. The van der Waals surface area contributed by atoms with Crippen molar-refractivity contribution in [2.45, 2.75) is 52.4 Å². The van der Waals surface area contributed by atoms with Crippen molar-refractivity contribution in [2.75, 3.05) is 11.9 Å². The van der Waals surface area contributed by atoms with Crippen molar-refractivity contribution in [3.63, 3.8) is 0 Å². The third kappa shape index (κ3) is 3.74. The molecule has 1 aromatic carbocycles. The molecular weight excluding hydrogens is 286 g/mol. The minimum Gasteiger partial charge on any atom is -0.384 e. The fourth-order valence-corrected chi connectivity index (χ4v) is 3.69. The molecule has 0 amide bonds. The van der Waals surface area contributed by atoms with Gasteiger partial charge in [-0.2, -0.15) is 0 Å². The van der Waals surface area contributed by atoms with E-state index in [1.54, 1.807) is 0 Å². The van der Waals surface area contributed by atoms with Crippen molar-refractivity contribution < 1.29 is 0 Å². The summed E-state index contributed by atoms with van der Waals surface area (Å²) in [6.07, 6.45) is 8.53. The Bertz CT molecular complexity index is 369. The largest absolute Gasteiger partial charge is 0.384 e. The van der Waals surface area contributed by atoms with E-state index in [-0.39, 0.29) is 0 Å². The minimum absolute atomic E-state index is 0.870. The number of rotatable bonds is 3. The van der Waals surface area contributed by atoms with Crippen LogP contribution in [0.3, 0.4) is 0 Å². The summed E-state index contributed by atoms with van der Waals surface area (Å²) >= 11 is 3.56. The quantitative estimate of drug-likeness (QED) is 0.732. The SMILES string of the molecule is Cc1cc(Br)cc(C)c1NCC1CCCCCC1. The van der Waals surface area contributed by atoms with E-state index in [1.807, 2.05) is 0 Å². The average molecular weight is 310 g/mol. The minimum atomic E-state index is 0.870. The van der Waals surface area contributed by atoms with Crippen LogP contribution in [0.15, 0.2) is 16.6 Å². The highest BCUT2D eigenvalue weighted by atomic mass is 79.9. The first-order valence-electron chi connectivity index (χ1n) is 7.17. The Labute approximate surface area is 119 Å². The van der Waals surface area contributed by atoms with E-state index in [1.165, 1.54) is 59.8 Å². The van der Waals surface area contributed by atoms with Gasteiger partial charge in [0.25, 0.3) is 0 Å². The maximum atomic E-state index is 3.69. The lowest BCUT2D eigenvalue weighted by atomic mass is 10.00. The van der Waals surface area contributed by atoms with Crippen LogP contribution in [0.1, 0.15) is 49.7 Å². The molecule has 0 spiro atoms. The fraction of sp³-hybridized carbons (Fsp3) is 0.625. The Balaban J connectivity index is 1.97. The predicted molar refractivity (Wildman–Crippen MR) is 83.3 cm³/mol. The zero-order chi connectivity index (χ0) is 13.0. The van der Waals surface area contributed by atoms with Crippen molar-refractivity contribution in [3.05, 3.63) is 27.7 Å². The Kier molecular flexibility index (Phi) is 5.11. The first-order chi connectivity index (χ1) is 8.66. The molecule has 0 bridgehead atoms. The Morgan fingerprint density at radius 2 is 1.61 bits per heavy atom. The van der Waals surface area contributed by atoms with Gasteiger partial charge in [-0.15, -0.1) is 0 Å². The highest BCUT2D eigenvalue weighted by Gasteiger charge is 2.13. The van der Waals surface area contributed by atoms with E-state index in [0.717, 1.165) is 12.5 Å². The van der Waals surface area contributed by atoms with Gasteiger partial charge in [0, 0.05) is 16.7 Å². The van der Waals surface area contributed by atoms with Crippen molar-refractivity contribution in [1.29, 1.82) is 0 Å². The van der Waals surface area contributed by atoms with Crippen LogP contribution in [-0.4, -0.2) is 6.54 Å². The van der Waals surface area contributed by atoms with Crippen LogP contribution in [0.2, 0.25) is 0 Å². The maximum absolute atomic E-state index is 3.69. The summed E-state index contributed by atoms with van der Waals surface area (Å²) in [5.74, 6) is 0.870. The molecule has 0 heterocycles. The molecule has 1 saturated carbocycles. The molecule has 18 heavy (non-hydrogen) atoms. The van der Waals surface area contributed by atoms with E-state index < -0.39 is 0 Å². The standard InChI is InChI=1S/C16H24BrN/c1-12-9-15(17)10-13(2)16(12)18-11-14-7-5-3-4-6-8-14/h9-10,14,18H,3-8,11H2,1-2H3. The molecule has 1 N–H and O–H groups in total. The van der Waals surface area contributed by atoms with E-state index in [9.17, 15) is 0 Å². The van der Waals surface area contributed by atoms with Gasteiger partial charge in [0.15, 0.2) is 0 Å². The topological polar surface area (TPSA) is 12.0 Å². The molecule has 100 valence electrons. The summed E-state index contributed by atoms with van der Waals surface area (Å²) < 4.78 is 1.18. The van der Waals surface area contributed by atoms with E-state index >= 15 is 0 Å². The van der Waals surface area contributed by atoms with Gasteiger partial charge in [0.05, 0.1) is 0 Å². The normalized spacial score (nSPS) is 17.5. The Hall–Kier alpha value is -0.500. The molecule has 2 rings (SSSR count). The lowest BCUT2D eigenvalue weighted by Crippen LogP contribution is -2.15. The first-order valence-corrected chi connectivity index (χ1v) is 7.96. The predicted octanol–water partition coefficient (Wildman–Crippen LogP) is 5.45. The third-order valence-electron chi connectivity index (χ3n) is 4.04. The van der Waals surface area contributed by atoms with Gasteiger partial charge in [-0.05, 0) is 55.9 Å². The smallest absolute Gasteiger partial charge is 0.0400 e. The summed E-state index contributed by atoms with van der Waals surface area (Å²) in [5, 5.41) is 3.69. The van der Waals surface area contributed by atoms with Crippen LogP contribution < -0.4 is 5.32 Å². The molecule has 0 aromatic heterocycles. The molecule has 0 atom stereocenters. The van der Waals surface area contributed by atoms with Gasteiger partial charge in [-0.1, -0.05) is 41.6 Å². The van der Waals surface area contributed by atoms with Gasteiger partial charge in [0.2, 0.25) is 0 Å². The van der Waals surface area contributed by atoms with Gasteiger partial charge < -0.3 is 5.32 Å². The lowest BCUT2D eigenvalue weighted by molar-refractivity contribution is 0.483. The number of hydrogen-bond donors (Lipinski definition) is 1. The molecule has 0 unspecified atom stereocenters. The molecule has 0 saturated heterocycles. The zero-order valence-corrected chi connectivity index (χ0v) is 13.1. The summed E-state index contributed by atoms with van der Waals surface area (Å²) in [6, 6.07) is 4.39. The lowest BCUT2D eigenvalue weighted by Gasteiger charge is -2.19. The Morgan fingerprint density at radius 1 is 1.06 bits per heavy atom. The van der Waals surface area contributed by atoms with E-state index in [4.69, 9.17) is 0 Å². The summed E-state index contributed by atoms with van der Waals surface area (Å²) in [4.78, 5) is 0. The molecule has 1 aliphatic rings. The summed E-state index contributed by atoms with van der Waals surface area (Å²) in [5.41, 5.74) is 4.02. The van der Waals surface area contributed by atoms with Crippen molar-refractivity contribution >= 4 is 21.6 Å². The fourth-order valence-electron chi connectivity index (χ4n) is 3.00. The van der Waals surface area contributed by atoms with Crippen LogP contribution in [0, 0.1) is 19.8 Å². The van der Waals surface area contributed by atoms with Gasteiger partial charge in [-0.3, -0.25) is 0 Å². The number of benzene rings is 1. The highest BCUT2D eigenvalue weighted by molar-refractivity contribution is 9.10. The second-order valence-corrected chi connectivity index (χ2v) is 6.57. The number of hydrogen-bond acceptors (Lipinski definition) is 1. The van der Waals surface area contributed by atoms with Gasteiger partial charge >= 0.3 is 0 Å². The van der Waals surface area contributed by atoms with Crippen LogP contribution >= 0.6 is 15.9 Å². The molecular formula is C16H24BrN. The van der Waals surface area contributed by atoms with Gasteiger partial charge in [0.1, 0.15) is 0 Å². The number of aryl methyl sites for hydroxylation is 2. The number of nitrogens with one attached hydrogen (secondary N) is 1. The molecule has 1 fully saturated rings. The maximum Gasteiger partial charge on any atom is 0.0400 e. The molecule has 1 aromatic rings. The summed E-state index contributed by atoms with van der Waals surface area (Å²) in [7, 11) is 0. The molecule has 2 heteroatoms. The Morgan fingerprint density at radius 3 is 2.17 bits per heavy atom. The highest BCUT2D eigenvalue weighted by Crippen LogP contribution is 2.27. The van der Waals surface area contributed by atoms with E-state index in [2.05, 4.69) is 47.2 Å². The first kappa shape index (κ1) is 13.9.